The van der Waals surface area contributed by atoms with Gasteiger partial charge in [-0.15, -0.1) is 0 Å². The molecular formula is C28H22N2O6S. The van der Waals surface area contributed by atoms with E-state index < -0.39 is 18.0 Å². The molecular weight excluding hydrogens is 492 g/mol. The number of nitrogens with zero attached hydrogens (tertiary/aromatic N) is 2. The number of rotatable bonds is 6. The number of hydrogen-bond donors (Lipinski definition) is 1. The van der Waals surface area contributed by atoms with Crippen molar-refractivity contribution in [2.24, 2.45) is 4.99 Å². The van der Waals surface area contributed by atoms with Crippen molar-refractivity contribution in [3.63, 3.8) is 0 Å². The minimum absolute atomic E-state index is 0.150. The van der Waals surface area contributed by atoms with Gasteiger partial charge in [-0.05, 0) is 43.7 Å². The molecule has 0 saturated heterocycles. The first-order valence-corrected chi connectivity index (χ1v) is 12.4. The molecule has 0 aliphatic carbocycles. The molecule has 5 rings (SSSR count). The largest absolute Gasteiger partial charge is 0.478 e. The zero-order chi connectivity index (χ0) is 26.1. The molecule has 0 unspecified atom stereocenters. The molecule has 0 fully saturated rings. The van der Waals surface area contributed by atoms with Crippen LogP contribution in [0.5, 0.6) is 0 Å². The van der Waals surface area contributed by atoms with E-state index in [1.807, 2.05) is 30.3 Å². The summed E-state index contributed by atoms with van der Waals surface area (Å²) in [5, 5.41) is 9.26. The van der Waals surface area contributed by atoms with E-state index in [1.54, 1.807) is 44.2 Å². The van der Waals surface area contributed by atoms with E-state index in [1.165, 1.54) is 28.0 Å². The van der Waals surface area contributed by atoms with E-state index in [9.17, 15) is 19.5 Å². The predicted octanol–water partition coefficient (Wildman–Crippen LogP) is 3.76. The van der Waals surface area contributed by atoms with E-state index >= 15 is 0 Å². The molecule has 0 bridgehead atoms. The number of thiazole rings is 1. The maximum atomic E-state index is 13.6. The summed E-state index contributed by atoms with van der Waals surface area (Å²) in [6.45, 7) is 3.68. The van der Waals surface area contributed by atoms with Gasteiger partial charge in [0.1, 0.15) is 11.5 Å². The summed E-state index contributed by atoms with van der Waals surface area (Å²) < 4.78 is 13.1. The van der Waals surface area contributed by atoms with Crippen molar-refractivity contribution in [1.82, 2.24) is 4.57 Å². The molecule has 0 amide bonds. The van der Waals surface area contributed by atoms with Crippen molar-refractivity contribution in [2.75, 3.05) is 6.61 Å². The highest BCUT2D eigenvalue weighted by Gasteiger charge is 2.33. The number of carbonyl (C=O) groups is 2. The van der Waals surface area contributed by atoms with Crippen LogP contribution < -0.4 is 14.9 Å². The van der Waals surface area contributed by atoms with Crippen LogP contribution in [0.2, 0.25) is 0 Å². The Kier molecular flexibility index (Phi) is 6.45. The third-order valence-corrected chi connectivity index (χ3v) is 6.91. The van der Waals surface area contributed by atoms with Crippen LogP contribution in [0.25, 0.3) is 17.4 Å². The summed E-state index contributed by atoms with van der Waals surface area (Å²) in [5.41, 5.74) is 2.05. The first kappa shape index (κ1) is 24.2. The molecule has 1 aliphatic heterocycles. The summed E-state index contributed by atoms with van der Waals surface area (Å²) in [6, 6.07) is 18.5. The number of ether oxygens (including phenoxy) is 1. The van der Waals surface area contributed by atoms with E-state index in [4.69, 9.17) is 9.15 Å². The van der Waals surface area contributed by atoms with Gasteiger partial charge in [0.05, 0.1) is 34.0 Å². The predicted molar refractivity (Wildman–Crippen MR) is 138 cm³/mol. The highest BCUT2D eigenvalue weighted by Crippen LogP contribution is 2.30. The van der Waals surface area contributed by atoms with Gasteiger partial charge in [0.25, 0.3) is 5.56 Å². The quantitative estimate of drug-likeness (QED) is 0.392. The Morgan fingerprint density at radius 2 is 1.92 bits per heavy atom. The highest BCUT2D eigenvalue weighted by molar-refractivity contribution is 7.07. The molecule has 2 aromatic carbocycles. The summed E-state index contributed by atoms with van der Waals surface area (Å²) >= 11 is 1.20. The van der Waals surface area contributed by atoms with Crippen molar-refractivity contribution in [3.05, 3.63) is 115 Å². The van der Waals surface area contributed by atoms with Gasteiger partial charge in [-0.2, -0.15) is 0 Å². The minimum atomic E-state index is -1.03. The van der Waals surface area contributed by atoms with Crippen LogP contribution in [-0.2, 0) is 9.53 Å². The lowest BCUT2D eigenvalue weighted by atomic mass is 9.96. The molecule has 4 aromatic rings. The maximum absolute atomic E-state index is 13.6. The number of fused-ring (bicyclic) bond motifs is 1. The van der Waals surface area contributed by atoms with E-state index in [0.717, 1.165) is 5.56 Å². The van der Waals surface area contributed by atoms with E-state index in [0.29, 0.717) is 37.7 Å². The lowest BCUT2D eigenvalue weighted by Gasteiger charge is -2.24. The topological polar surface area (TPSA) is 111 Å². The standard InChI is InChI=1S/C28H22N2O6S/c1-3-35-27(34)23-16(2)29-28-30(24(23)17-8-5-4-6-9-17)25(31)22(37-28)15-20-12-13-21(36-20)18-10-7-11-19(14-18)26(32)33/h4-15,24H,3H2,1-2H3,(H,32,33)/b22-15-/t24-/m0/s1. The molecule has 0 saturated carbocycles. The van der Waals surface area contributed by atoms with Crippen LogP contribution in [0, 0.1) is 0 Å². The summed E-state index contributed by atoms with van der Waals surface area (Å²) in [4.78, 5) is 42.9. The summed E-state index contributed by atoms with van der Waals surface area (Å²) in [5.74, 6) is -0.630. The highest BCUT2D eigenvalue weighted by atomic mass is 32.1. The molecule has 1 atom stereocenters. The lowest BCUT2D eigenvalue weighted by Crippen LogP contribution is -2.39. The molecule has 0 spiro atoms. The second-order valence-electron chi connectivity index (χ2n) is 8.30. The monoisotopic (exact) mass is 514 g/mol. The molecule has 9 heteroatoms. The molecule has 3 heterocycles. The fraction of sp³-hybridized carbons (Fsp3) is 0.143. The Morgan fingerprint density at radius 1 is 1.14 bits per heavy atom. The fourth-order valence-corrected chi connectivity index (χ4v) is 5.29. The number of esters is 1. The number of aromatic carboxylic acids is 1. The average molecular weight is 515 g/mol. The minimum Gasteiger partial charge on any atom is -0.478 e. The molecule has 8 nitrogen and oxygen atoms in total. The van der Waals surface area contributed by atoms with Gasteiger partial charge in [0.15, 0.2) is 4.80 Å². The number of carboxylic acids is 1. The Bertz CT molecular complexity index is 1730. The van der Waals surface area contributed by atoms with Crippen LogP contribution in [0.3, 0.4) is 0 Å². The number of carbonyl (C=O) groups excluding carboxylic acids is 1. The molecule has 37 heavy (non-hydrogen) atoms. The van der Waals surface area contributed by atoms with Crippen molar-refractivity contribution in [3.8, 4) is 11.3 Å². The second kappa shape index (κ2) is 9.87. The Balaban J connectivity index is 1.61. The molecule has 186 valence electrons. The van der Waals surface area contributed by atoms with Gasteiger partial charge < -0.3 is 14.3 Å². The summed E-state index contributed by atoms with van der Waals surface area (Å²) in [6.07, 6.45) is 1.62. The third-order valence-electron chi connectivity index (χ3n) is 5.93. The Morgan fingerprint density at radius 3 is 2.65 bits per heavy atom. The van der Waals surface area contributed by atoms with Crippen LogP contribution in [-0.4, -0.2) is 28.2 Å². The zero-order valence-corrected chi connectivity index (χ0v) is 20.8. The van der Waals surface area contributed by atoms with Crippen molar-refractivity contribution >= 4 is 29.4 Å². The van der Waals surface area contributed by atoms with Gasteiger partial charge in [-0.1, -0.05) is 53.8 Å². The normalized spacial score (nSPS) is 15.3. The number of hydrogen-bond acceptors (Lipinski definition) is 7. The maximum Gasteiger partial charge on any atom is 0.338 e. The van der Waals surface area contributed by atoms with Crippen LogP contribution in [0.15, 0.2) is 92.2 Å². The fourth-order valence-electron chi connectivity index (χ4n) is 4.26. The van der Waals surface area contributed by atoms with Crippen molar-refractivity contribution in [2.45, 2.75) is 19.9 Å². The Labute approximate surface area is 215 Å². The van der Waals surface area contributed by atoms with Crippen LogP contribution in [0.4, 0.5) is 0 Å². The number of aromatic nitrogens is 1. The molecule has 0 radical (unpaired) electrons. The Hall–Kier alpha value is -4.50. The van der Waals surface area contributed by atoms with Gasteiger partial charge >= 0.3 is 11.9 Å². The third kappa shape index (κ3) is 4.56. The second-order valence-corrected chi connectivity index (χ2v) is 9.31. The van der Waals surface area contributed by atoms with E-state index in [2.05, 4.69) is 4.99 Å². The average Bonchev–Trinajstić information content (AvgIpc) is 3.48. The number of furan rings is 1. The lowest BCUT2D eigenvalue weighted by molar-refractivity contribution is -0.139. The van der Waals surface area contributed by atoms with Crippen molar-refractivity contribution in [1.29, 1.82) is 0 Å². The molecule has 1 aliphatic rings. The molecule has 2 aromatic heterocycles. The first-order valence-electron chi connectivity index (χ1n) is 11.6. The van der Waals surface area contributed by atoms with Crippen molar-refractivity contribution < 1.29 is 23.8 Å². The van der Waals surface area contributed by atoms with Gasteiger partial charge in [0.2, 0.25) is 0 Å². The zero-order valence-electron chi connectivity index (χ0n) is 20.0. The summed E-state index contributed by atoms with van der Waals surface area (Å²) in [7, 11) is 0. The smallest absolute Gasteiger partial charge is 0.338 e. The van der Waals surface area contributed by atoms with E-state index in [-0.39, 0.29) is 17.7 Å². The number of benzene rings is 2. The number of allylic oxidation sites excluding steroid dienone is 1. The van der Waals surface area contributed by atoms with Crippen LogP contribution in [0.1, 0.15) is 41.6 Å². The van der Waals surface area contributed by atoms with Gasteiger partial charge in [-0.25, -0.2) is 14.6 Å². The van der Waals surface area contributed by atoms with Gasteiger partial charge in [0, 0.05) is 11.6 Å². The number of carboxylic acid groups (broad SMARTS) is 1. The first-order chi connectivity index (χ1) is 17.9. The SMILES string of the molecule is CCOC(=O)C1=C(C)N=c2s/c(=C\c3ccc(-c4cccc(C(=O)O)c4)o3)c(=O)n2[C@H]1c1ccccc1. The van der Waals surface area contributed by atoms with Crippen LogP contribution >= 0.6 is 11.3 Å². The molecule has 1 N–H and O–H groups in total. The van der Waals surface area contributed by atoms with Gasteiger partial charge in [-0.3, -0.25) is 9.36 Å².